The highest BCUT2D eigenvalue weighted by atomic mass is 15.3. The molecule has 0 amide bonds. The molecule has 13 rings (SSSR count). The van der Waals surface area contributed by atoms with Gasteiger partial charge in [-0.25, -0.2) is 0 Å². The summed E-state index contributed by atoms with van der Waals surface area (Å²) in [5, 5.41) is 20.5. The van der Waals surface area contributed by atoms with E-state index in [4.69, 9.17) is 5.73 Å². The Kier molecular flexibility index (Phi) is 14.3. The molecule has 0 radical (unpaired) electrons. The van der Waals surface area contributed by atoms with E-state index in [0.717, 1.165) is 32.2 Å². The molecule has 74 heavy (non-hydrogen) atoms. The molecule has 0 aromatic rings. The number of hydrogen-bond donors (Lipinski definition) is 3. The number of fused-ring (bicyclic) bond motifs is 7. The number of nitriles is 1. The molecular formula is C67H93N7. The topological polar surface area (TPSA) is 83.6 Å². The van der Waals surface area contributed by atoms with E-state index in [1.165, 1.54) is 134 Å². The van der Waals surface area contributed by atoms with Crippen molar-refractivity contribution in [3.05, 3.63) is 119 Å². The van der Waals surface area contributed by atoms with E-state index in [2.05, 4.69) is 136 Å². The molecule has 18 atom stereocenters. The van der Waals surface area contributed by atoms with Crippen LogP contribution in [0, 0.1) is 70.0 Å². The van der Waals surface area contributed by atoms with Gasteiger partial charge in [-0.05, 0) is 181 Å². The zero-order chi connectivity index (χ0) is 49.9. The Bertz CT molecular complexity index is 2440. The highest BCUT2D eigenvalue weighted by Crippen LogP contribution is 2.60. The van der Waals surface area contributed by atoms with Crippen molar-refractivity contribution >= 4 is 0 Å². The molecule has 3 heterocycles. The lowest BCUT2D eigenvalue weighted by atomic mass is 9.55. The van der Waals surface area contributed by atoms with Crippen molar-refractivity contribution in [2.24, 2.45) is 64.4 Å². The second kappa shape index (κ2) is 21.3. The van der Waals surface area contributed by atoms with Gasteiger partial charge >= 0.3 is 0 Å². The van der Waals surface area contributed by atoms with Gasteiger partial charge in [0.25, 0.3) is 0 Å². The summed E-state index contributed by atoms with van der Waals surface area (Å²) in [4.78, 5) is 9.23. The van der Waals surface area contributed by atoms with Crippen LogP contribution in [0.1, 0.15) is 168 Å². The molecule has 18 unspecified atom stereocenters. The van der Waals surface area contributed by atoms with E-state index in [-0.39, 0.29) is 41.7 Å². The predicted molar refractivity (Wildman–Crippen MR) is 303 cm³/mol. The maximum Gasteiger partial charge on any atom is 0.0819 e. The van der Waals surface area contributed by atoms with E-state index in [9.17, 15) is 5.26 Å². The minimum atomic E-state index is -0.297. The quantitative estimate of drug-likeness (QED) is 0.140. The van der Waals surface area contributed by atoms with Gasteiger partial charge in [0.15, 0.2) is 0 Å². The van der Waals surface area contributed by atoms with Crippen LogP contribution in [0.25, 0.3) is 0 Å². The van der Waals surface area contributed by atoms with Gasteiger partial charge in [0.2, 0.25) is 0 Å². The highest BCUT2D eigenvalue weighted by Gasteiger charge is 2.60. The lowest BCUT2D eigenvalue weighted by molar-refractivity contribution is -0.125. The second-order valence-electron chi connectivity index (χ2n) is 26.7. The monoisotopic (exact) mass is 996 g/mol. The van der Waals surface area contributed by atoms with Crippen molar-refractivity contribution in [3.63, 3.8) is 0 Å². The molecule has 13 aliphatic rings. The average Bonchev–Trinajstić information content (AvgIpc) is 3.97. The summed E-state index contributed by atoms with van der Waals surface area (Å²) in [6.45, 7) is 6.19. The lowest BCUT2D eigenvalue weighted by Crippen LogP contribution is -2.70. The summed E-state index contributed by atoms with van der Waals surface area (Å²) in [5.41, 5.74) is 15.7. The maximum absolute atomic E-state index is 12.0. The third-order valence-electron chi connectivity index (χ3n) is 22.7. The van der Waals surface area contributed by atoms with Crippen LogP contribution < -0.4 is 16.4 Å². The van der Waals surface area contributed by atoms with Crippen molar-refractivity contribution in [1.29, 1.82) is 5.26 Å². The van der Waals surface area contributed by atoms with Gasteiger partial charge in [0.05, 0.1) is 30.4 Å². The number of piperidine rings is 1. The zero-order valence-electron chi connectivity index (χ0n) is 45.6. The average molecular weight is 997 g/mol. The van der Waals surface area contributed by atoms with E-state index >= 15 is 0 Å². The molecule has 396 valence electrons. The first-order chi connectivity index (χ1) is 36.4. The number of allylic oxidation sites excluding steroid dienone is 12. The molecule has 2 saturated heterocycles. The van der Waals surface area contributed by atoms with Crippen molar-refractivity contribution in [2.45, 2.75) is 223 Å². The standard InChI is InChI=1S/C67H93N7/c1-67(2)55-31-14-18-35-59(55)74(60-36-19-15-32-56(60)67)64-41-61(73-58-34-17-13-30-51(58)53-39-62-52(40-63(53)73)50-29-12-16-33-57(50)72(62)49-27-10-5-11-28-49)48(42-68)38-54(64)66(70-43-44-21-6-3-7-22-44)71-65(69)47-26-20-25-46(37-47)45-23-8-4-9-24-45/h6,13-14,16,18,20-21,23,26-27,30-31,33,35,37,44,46,48,50-52,54-62,64-66,70-71H,3-5,7-12,15,17,19,22,24-25,28-29,32,34,36,38-41,43,69H2,1-2H3. The molecule has 0 bridgehead atoms. The Balaban J connectivity index is 0.896. The first-order valence-corrected chi connectivity index (χ1v) is 31.2. The molecule has 0 spiro atoms. The van der Waals surface area contributed by atoms with Gasteiger partial charge in [0, 0.05) is 77.9 Å². The summed E-state index contributed by atoms with van der Waals surface area (Å²) >= 11 is 0. The normalized spacial score (nSPS) is 41.9. The minimum absolute atomic E-state index is 0.0340. The number of nitrogens with two attached hydrogens (primary N) is 1. The van der Waals surface area contributed by atoms with Crippen LogP contribution in [-0.2, 0) is 0 Å². The smallest absolute Gasteiger partial charge is 0.0819 e. The second-order valence-corrected chi connectivity index (χ2v) is 26.7. The van der Waals surface area contributed by atoms with Gasteiger partial charge in [-0.15, -0.1) is 0 Å². The molecule has 10 aliphatic carbocycles. The Hall–Kier alpha value is -3.67. The van der Waals surface area contributed by atoms with Crippen LogP contribution in [0.15, 0.2) is 119 Å². The van der Waals surface area contributed by atoms with Crippen LogP contribution in [-0.4, -0.2) is 75.9 Å². The number of likely N-dealkylation sites (tertiary alicyclic amines) is 2. The Morgan fingerprint density at radius 2 is 1.55 bits per heavy atom. The molecule has 0 aromatic carbocycles. The summed E-state index contributed by atoms with van der Waals surface area (Å²) < 4.78 is 0. The summed E-state index contributed by atoms with van der Waals surface area (Å²) in [6, 6.07) is 6.12. The van der Waals surface area contributed by atoms with Gasteiger partial charge in [0.1, 0.15) is 0 Å². The first kappa shape index (κ1) is 49.9. The highest BCUT2D eigenvalue weighted by molar-refractivity contribution is 5.39. The van der Waals surface area contributed by atoms with Gasteiger partial charge in [-0.1, -0.05) is 123 Å². The molecule has 7 heteroatoms. The number of nitrogens with zero attached hydrogens (tertiary/aromatic N) is 4. The first-order valence-electron chi connectivity index (χ1n) is 31.2. The predicted octanol–water partition coefficient (Wildman–Crippen LogP) is 13.2. The third kappa shape index (κ3) is 9.02. The SMILES string of the molecule is CC1(C)C2C=CC=CC2N(C2CC(N3C4=C(CC5C(C4)C4CCC=CC4N5C4=CCCCC4)C4C=CCCC43)C(C#N)CC2C(NCC2C=CCCC2)NC(N)C2=CC(C3=CCCCC3)CC=C2)C2CCCCC21. The largest absolute Gasteiger partial charge is 0.367 e. The Morgan fingerprint density at radius 3 is 2.39 bits per heavy atom. The van der Waals surface area contributed by atoms with Crippen LogP contribution in [0.4, 0.5) is 0 Å². The van der Waals surface area contributed by atoms with E-state index in [1.54, 1.807) is 22.5 Å². The molecule has 4 N–H and O–H groups in total. The van der Waals surface area contributed by atoms with Crippen molar-refractivity contribution in [3.8, 4) is 6.07 Å². The fourth-order valence-electron chi connectivity index (χ4n) is 19.2. The van der Waals surface area contributed by atoms with Crippen molar-refractivity contribution in [2.75, 3.05) is 6.54 Å². The summed E-state index contributed by atoms with van der Waals surface area (Å²) in [6.07, 6.45) is 66.8. The Labute approximate surface area is 447 Å². The molecule has 4 fully saturated rings. The number of rotatable bonds is 11. The molecule has 0 aromatic heterocycles. The molecule has 7 nitrogen and oxygen atoms in total. The van der Waals surface area contributed by atoms with Crippen molar-refractivity contribution in [1.82, 2.24) is 25.3 Å². The maximum atomic E-state index is 12.0. The van der Waals surface area contributed by atoms with E-state index < -0.39 is 0 Å². The van der Waals surface area contributed by atoms with Crippen LogP contribution in [0.5, 0.6) is 0 Å². The van der Waals surface area contributed by atoms with Crippen LogP contribution in [0.3, 0.4) is 0 Å². The fraction of sp³-hybridized carbons (Fsp3) is 0.687. The Morgan fingerprint density at radius 1 is 0.716 bits per heavy atom. The van der Waals surface area contributed by atoms with Gasteiger partial charge in [-0.2, -0.15) is 5.26 Å². The van der Waals surface area contributed by atoms with E-state index in [1.807, 2.05) is 0 Å². The fourth-order valence-corrected chi connectivity index (χ4v) is 19.2. The molecule has 3 aliphatic heterocycles. The molecular weight excluding hydrogens is 903 g/mol. The molecule has 2 saturated carbocycles. The number of nitrogens with one attached hydrogen (secondary N) is 2. The van der Waals surface area contributed by atoms with Gasteiger partial charge in [-0.3, -0.25) is 10.2 Å². The number of hydrogen-bond acceptors (Lipinski definition) is 7. The third-order valence-corrected chi connectivity index (χ3v) is 22.7. The van der Waals surface area contributed by atoms with Crippen LogP contribution >= 0.6 is 0 Å². The van der Waals surface area contributed by atoms with Gasteiger partial charge < -0.3 is 20.9 Å². The van der Waals surface area contributed by atoms with E-state index in [0.29, 0.717) is 71.6 Å². The lowest BCUT2D eigenvalue weighted by Gasteiger charge is -2.64. The van der Waals surface area contributed by atoms with Crippen molar-refractivity contribution < 1.29 is 0 Å². The summed E-state index contributed by atoms with van der Waals surface area (Å²) in [5.74, 6) is 4.05. The minimum Gasteiger partial charge on any atom is -0.367 e. The summed E-state index contributed by atoms with van der Waals surface area (Å²) in [7, 11) is 0. The zero-order valence-corrected chi connectivity index (χ0v) is 45.6. The van der Waals surface area contributed by atoms with Crippen LogP contribution in [0.2, 0.25) is 0 Å².